The van der Waals surface area contributed by atoms with E-state index in [-0.39, 0.29) is 5.91 Å². The quantitative estimate of drug-likeness (QED) is 0.698. The molecule has 1 saturated heterocycles. The Balaban J connectivity index is 1.43. The van der Waals surface area contributed by atoms with Gasteiger partial charge in [-0.1, -0.05) is 12.1 Å². The third-order valence-corrected chi connectivity index (χ3v) is 5.90. The van der Waals surface area contributed by atoms with E-state index in [4.69, 9.17) is 10.2 Å². The lowest BCUT2D eigenvalue weighted by molar-refractivity contribution is 0.0713. The van der Waals surface area contributed by atoms with Crippen molar-refractivity contribution in [2.24, 2.45) is 0 Å². The number of para-hydroxylation sites is 1. The van der Waals surface area contributed by atoms with E-state index in [1.807, 2.05) is 17.0 Å². The minimum atomic E-state index is 0.0484. The van der Waals surface area contributed by atoms with Crippen LogP contribution < -0.4 is 0 Å². The Morgan fingerprint density at radius 3 is 2.52 bits per heavy atom. The average Bonchev–Trinajstić information content (AvgIpc) is 3.12. The molecule has 0 N–H and O–H groups in total. The molecule has 0 spiro atoms. The molecule has 25 heavy (non-hydrogen) atoms. The molecule has 2 heterocycles. The minimum absolute atomic E-state index is 0.0484. The van der Waals surface area contributed by atoms with Crippen LogP contribution in [0.3, 0.4) is 0 Å². The van der Waals surface area contributed by atoms with Gasteiger partial charge in [-0.15, -0.1) is 11.3 Å². The molecular formula is C20H17N3OS. The van der Waals surface area contributed by atoms with E-state index in [0.29, 0.717) is 17.0 Å². The first-order chi connectivity index (χ1) is 12.2. The maximum atomic E-state index is 12.6. The lowest BCUT2D eigenvalue weighted by Gasteiger charge is -2.31. The summed E-state index contributed by atoms with van der Waals surface area (Å²) >= 11 is 1.77. The molecule has 1 aliphatic rings. The number of amides is 1. The smallest absolute Gasteiger partial charge is 0.253 e. The van der Waals surface area contributed by atoms with Gasteiger partial charge in [-0.3, -0.25) is 4.79 Å². The fourth-order valence-electron chi connectivity index (χ4n) is 3.26. The predicted molar refractivity (Wildman–Crippen MR) is 98.7 cm³/mol. The molecule has 3 aromatic rings. The Bertz CT molecular complexity index is 914. The normalized spacial score (nSPS) is 15.2. The van der Waals surface area contributed by atoms with Gasteiger partial charge in [0.15, 0.2) is 0 Å². The highest BCUT2D eigenvalue weighted by atomic mass is 32.1. The second-order valence-electron chi connectivity index (χ2n) is 6.28. The summed E-state index contributed by atoms with van der Waals surface area (Å²) in [6.07, 6.45) is 1.89. The molecule has 124 valence electrons. The zero-order chi connectivity index (χ0) is 17.2. The fraction of sp³-hybridized carbons (Fsp3) is 0.250. The highest BCUT2D eigenvalue weighted by Crippen LogP contribution is 2.34. The average molecular weight is 347 g/mol. The molecule has 0 saturated carbocycles. The molecule has 1 aliphatic heterocycles. The summed E-state index contributed by atoms with van der Waals surface area (Å²) < 4.78 is 1.23. The second-order valence-corrected chi connectivity index (χ2v) is 7.34. The number of carbonyl (C=O) groups is 1. The summed E-state index contributed by atoms with van der Waals surface area (Å²) in [5.41, 5.74) is 2.29. The number of hydrogen-bond donors (Lipinski definition) is 0. The summed E-state index contributed by atoms with van der Waals surface area (Å²) in [6.45, 7) is 1.50. The van der Waals surface area contributed by atoms with Crippen molar-refractivity contribution in [2.75, 3.05) is 13.1 Å². The largest absolute Gasteiger partial charge is 0.339 e. The van der Waals surface area contributed by atoms with Gasteiger partial charge in [-0.2, -0.15) is 5.26 Å². The van der Waals surface area contributed by atoms with E-state index in [0.717, 1.165) is 31.4 Å². The molecule has 2 aromatic carbocycles. The Morgan fingerprint density at radius 1 is 1.12 bits per heavy atom. The van der Waals surface area contributed by atoms with Crippen molar-refractivity contribution in [3.63, 3.8) is 0 Å². The standard InChI is InChI=1S/C20H17N3OS/c21-13-14-5-7-16(8-6-14)20(24)23-11-9-15(10-12-23)19-22-17-3-1-2-4-18(17)25-19/h1-8,15H,9-12H2. The molecule has 4 nitrogen and oxygen atoms in total. The third kappa shape index (κ3) is 3.13. The summed E-state index contributed by atoms with van der Waals surface area (Å²) in [7, 11) is 0. The zero-order valence-electron chi connectivity index (χ0n) is 13.7. The predicted octanol–water partition coefficient (Wildman–Crippen LogP) is 4.19. The number of rotatable bonds is 2. The van der Waals surface area contributed by atoms with Gasteiger partial charge < -0.3 is 4.90 Å². The number of hydrogen-bond acceptors (Lipinski definition) is 4. The van der Waals surface area contributed by atoms with Gasteiger partial charge in [0.1, 0.15) is 0 Å². The number of piperidine rings is 1. The molecule has 1 amide bonds. The van der Waals surface area contributed by atoms with Crippen LogP contribution >= 0.6 is 11.3 Å². The molecule has 0 atom stereocenters. The van der Waals surface area contributed by atoms with Crippen LogP contribution in [0.1, 0.15) is 39.7 Å². The number of nitriles is 1. The molecule has 5 heteroatoms. The summed E-state index contributed by atoms with van der Waals surface area (Å²) in [4.78, 5) is 19.3. The van der Waals surface area contributed by atoms with Gasteiger partial charge in [-0.25, -0.2) is 4.98 Å². The van der Waals surface area contributed by atoms with Crippen LogP contribution in [0.5, 0.6) is 0 Å². The second kappa shape index (κ2) is 6.66. The topological polar surface area (TPSA) is 57.0 Å². The monoisotopic (exact) mass is 347 g/mol. The molecule has 1 aromatic heterocycles. The van der Waals surface area contributed by atoms with Crippen molar-refractivity contribution < 1.29 is 4.79 Å². The Hall–Kier alpha value is -2.71. The number of thiazole rings is 1. The van der Waals surface area contributed by atoms with E-state index in [1.54, 1.807) is 35.6 Å². The number of aromatic nitrogens is 1. The molecule has 0 aliphatic carbocycles. The van der Waals surface area contributed by atoms with Crippen LogP contribution in [0.25, 0.3) is 10.2 Å². The highest BCUT2D eigenvalue weighted by molar-refractivity contribution is 7.18. The van der Waals surface area contributed by atoms with E-state index >= 15 is 0 Å². The van der Waals surface area contributed by atoms with Crippen LogP contribution in [0, 0.1) is 11.3 Å². The SMILES string of the molecule is N#Cc1ccc(C(=O)N2CCC(c3nc4ccccc4s3)CC2)cc1. The fourth-order valence-corrected chi connectivity index (χ4v) is 4.40. The van der Waals surface area contributed by atoms with Crippen LogP contribution in [-0.2, 0) is 0 Å². The van der Waals surface area contributed by atoms with Gasteiger partial charge in [0.05, 0.1) is 26.9 Å². The van der Waals surface area contributed by atoms with E-state index in [1.165, 1.54) is 9.71 Å². The summed E-state index contributed by atoms with van der Waals surface area (Å²) in [5.74, 6) is 0.481. The van der Waals surface area contributed by atoms with E-state index in [9.17, 15) is 4.79 Å². The Morgan fingerprint density at radius 2 is 1.84 bits per heavy atom. The summed E-state index contributed by atoms with van der Waals surface area (Å²) in [5, 5.41) is 10.0. The minimum Gasteiger partial charge on any atom is -0.339 e. The van der Waals surface area contributed by atoms with Crippen LogP contribution in [0.2, 0.25) is 0 Å². The maximum Gasteiger partial charge on any atom is 0.253 e. The van der Waals surface area contributed by atoms with Gasteiger partial charge >= 0.3 is 0 Å². The third-order valence-electron chi connectivity index (χ3n) is 4.70. The first-order valence-corrected chi connectivity index (χ1v) is 9.21. The number of benzene rings is 2. The number of likely N-dealkylation sites (tertiary alicyclic amines) is 1. The van der Waals surface area contributed by atoms with Crippen molar-refractivity contribution in [1.82, 2.24) is 9.88 Å². The zero-order valence-corrected chi connectivity index (χ0v) is 14.5. The molecule has 1 fully saturated rings. The first kappa shape index (κ1) is 15.8. The van der Waals surface area contributed by atoms with Crippen molar-refractivity contribution in [2.45, 2.75) is 18.8 Å². The molecular weight excluding hydrogens is 330 g/mol. The van der Waals surface area contributed by atoms with Gasteiger partial charge in [-0.05, 0) is 49.2 Å². The molecule has 0 bridgehead atoms. The van der Waals surface area contributed by atoms with E-state index < -0.39 is 0 Å². The lowest BCUT2D eigenvalue weighted by atomic mass is 9.97. The number of fused-ring (bicyclic) bond motifs is 1. The van der Waals surface area contributed by atoms with Crippen molar-refractivity contribution in [3.8, 4) is 6.07 Å². The Labute approximate surface area is 150 Å². The maximum absolute atomic E-state index is 12.6. The first-order valence-electron chi connectivity index (χ1n) is 8.39. The van der Waals surface area contributed by atoms with Gasteiger partial charge in [0.2, 0.25) is 0 Å². The lowest BCUT2D eigenvalue weighted by Crippen LogP contribution is -2.37. The molecule has 0 unspecified atom stereocenters. The van der Waals surface area contributed by atoms with Gasteiger partial charge in [0.25, 0.3) is 5.91 Å². The number of nitrogens with zero attached hydrogens (tertiary/aromatic N) is 3. The van der Waals surface area contributed by atoms with Crippen LogP contribution in [0.15, 0.2) is 48.5 Å². The van der Waals surface area contributed by atoms with E-state index in [2.05, 4.69) is 18.2 Å². The summed E-state index contributed by atoms with van der Waals surface area (Å²) in [6, 6.07) is 17.2. The number of carbonyl (C=O) groups excluding carboxylic acids is 1. The highest BCUT2D eigenvalue weighted by Gasteiger charge is 2.26. The van der Waals surface area contributed by atoms with Crippen LogP contribution in [-0.4, -0.2) is 28.9 Å². The van der Waals surface area contributed by atoms with Crippen molar-refractivity contribution in [1.29, 1.82) is 5.26 Å². The Kier molecular flexibility index (Phi) is 4.21. The molecule has 4 rings (SSSR count). The van der Waals surface area contributed by atoms with Crippen molar-refractivity contribution in [3.05, 3.63) is 64.7 Å². The molecule has 0 radical (unpaired) electrons. The van der Waals surface area contributed by atoms with Gasteiger partial charge in [0, 0.05) is 24.6 Å². The van der Waals surface area contributed by atoms with Crippen LogP contribution in [0.4, 0.5) is 0 Å². The van der Waals surface area contributed by atoms with Crippen molar-refractivity contribution >= 4 is 27.5 Å².